The third-order valence-electron chi connectivity index (χ3n) is 2.61. The van der Waals surface area contributed by atoms with Gasteiger partial charge in [0.25, 0.3) is 0 Å². The van der Waals surface area contributed by atoms with Crippen LogP contribution in [0.1, 0.15) is 32.6 Å². The average molecular weight is 186 g/mol. The Labute approximate surface area is 78.7 Å². The van der Waals surface area contributed by atoms with E-state index in [2.05, 4.69) is 12.1 Å². The lowest BCUT2D eigenvalue weighted by molar-refractivity contribution is 0.0146. The first kappa shape index (κ1) is 10.3. The summed E-state index contributed by atoms with van der Waals surface area (Å²) in [4.78, 5) is 0. The zero-order valence-corrected chi connectivity index (χ0v) is 8.07. The van der Waals surface area contributed by atoms with Crippen LogP contribution >= 0.6 is 0 Å². The number of oxime groups is 1. The third-order valence-corrected chi connectivity index (χ3v) is 2.61. The molecule has 0 aromatic heterocycles. The van der Waals surface area contributed by atoms with Crippen LogP contribution in [0.25, 0.3) is 0 Å². The van der Waals surface area contributed by atoms with Gasteiger partial charge in [-0.15, -0.1) is 0 Å². The van der Waals surface area contributed by atoms with Crippen molar-refractivity contribution in [3.63, 3.8) is 0 Å². The molecule has 0 aliphatic heterocycles. The smallest absolute Gasteiger partial charge is 0.165 e. The van der Waals surface area contributed by atoms with Gasteiger partial charge in [0.05, 0.1) is 6.10 Å². The van der Waals surface area contributed by atoms with E-state index in [1.54, 1.807) is 0 Å². The van der Waals surface area contributed by atoms with Gasteiger partial charge in [-0.1, -0.05) is 24.9 Å². The second-order valence-corrected chi connectivity index (χ2v) is 3.70. The molecule has 1 aliphatic carbocycles. The fraction of sp³-hybridized carbons (Fsp3) is 0.889. The predicted octanol–water partition coefficient (Wildman–Crippen LogP) is 1.33. The average Bonchev–Trinajstić information content (AvgIpc) is 2.16. The van der Waals surface area contributed by atoms with Gasteiger partial charge >= 0.3 is 0 Å². The molecule has 0 aromatic rings. The Kier molecular flexibility index (Phi) is 4.02. The minimum absolute atomic E-state index is 0.151. The highest BCUT2D eigenvalue weighted by molar-refractivity contribution is 5.80. The summed E-state index contributed by atoms with van der Waals surface area (Å²) in [6, 6.07) is 0. The third kappa shape index (κ3) is 3.22. The van der Waals surface area contributed by atoms with Crippen molar-refractivity contribution in [2.24, 2.45) is 16.8 Å². The Hall–Kier alpha value is -0.770. The highest BCUT2D eigenvalue weighted by Crippen LogP contribution is 2.25. The van der Waals surface area contributed by atoms with Gasteiger partial charge in [-0.3, -0.25) is 0 Å². The van der Waals surface area contributed by atoms with Crippen molar-refractivity contribution in [1.82, 2.24) is 0 Å². The molecule has 0 amide bonds. The number of rotatable bonds is 3. The van der Waals surface area contributed by atoms with Crippen LogP contribution in [-0.2, 0) is 4.74 Å². The van der Waals surface area contributed by atoms with Crippen LogP contribution in [0.5, 0.6) is 0 Å². The van der Waals surface area contributed by atoms with E-state index in [1.807, 2.05) is 0 Å². The molecule has 3 N–H and O–H groups in total. The van der Waals surface area contributed by atoms with Crippen LogP contribution in [0.4, 0.5) is 0 Å². The lowest BCUT2D eigenvalue weighted by Crippen LogP contribution is -2.30. The Morgan fingerprint density at radius 3 is 2.85 bits per heavy atom. The molecular formula is C9H18N2O2. The van der Waals surface area contributed by atoms with E-state index >= 15 is 0 Å². The second kappa shape index (κ2) is 5.07. The zero-order valence-electron chi connectivity index (χ0n) is 8.07. The molecule has 76 valence electrons. The normalized spacial score (nSPS) is 30.4. The van der Waals surface area contributed by atoms with Gasteiger partial charge in [0.2, 0.25) is 0 Å². The summed E-state index contributed by atoms with van der Waals surface area (Å²) in [6.07, 6.45) is 5.13. The maximum absolute atomic E-state index is 8.31. The molecule has 0 radical (unpaired) electrons. The molecule has 0 spiro atoms. The van der Waals surface area contributed by atoms with E-state index in [4.69, 9.17) is 15.7 Å². The molecule has 2 atom stereocenters. The van der Waals surface area contributed by atoms with Gasteiger partial charge in [0.15, 0.2) is 5.84 Å². The van der Waals surface area contributed by atoms with E-state index in [1.165, 1.54) is 19.3 Å². The quantitative estimate of drug-likeness (QED) is 0.302. The first-order valence-electron chi connectivity index (χ1n) is 4.82. The number of nitrogens with zero attached hydrogens (tertiary/aromatic N) is 1. The minimum atomic E-state index is 0.151. The summed E-state index contributed by atoms with van der Waals surface area (Å²) in [7, 11) is 0. The van der Waals surface area contributed by atoms with Crippen molar-refractivity contribution in [3.8, 4) is 0 Å². The van der Waals surface area contributed by atoms with Crippen LogP contribution < -0.4 is 5.73 Å². The maximum atomic E-state index is 8.31. The lowest BCUT2D eigenvalue weighted by atomic mass is 9.88. The summed E-state index contributed by atoms with van der Waals surface area (Å²) in [5.41, 5.74) is 5.31. The molecular weight excluding hydrogens is 168 g/mol. The van der Waals surface area contributed by atoms with E-state index < -0.39 is 0 Å². The molecule has 13 heavy (non-hydrogen) atoms. The number of hydrogen-bond donors (Lipinski definition) is 2. The molecule has 2 unspecified atom stereocenters. The van der Waals surface area contributed by atoms with Gasteiger partial charge in [-0.2, -0.15) is 0 Å². The largest absolute Gasteiger partial charge is 0.409 e. The summed E-state index contributed by atoms with van der Waals surface area (Å²) in [5.74, 6) is 0.748. The van der Waals surface area contributed by atoms with E-state index in [0.29, 0.717) is 5.92 Å². The van der Waals surface area contributed by atoms with E-state index in [0.717, 1.165) is 6.42 Å². The van der Waals surface area contributed by atoms with Crippen LogP contribution in [0.15, 0.2) is 5.16 Å². The van der Waals surface area contributed by atoms with Gasteiger partial charge in [0.1, 0.15) is 6.61 Å². The van der Waals surface area contributed by atoms with Crippen molar-refractivity contribution in [3.05, 3.63) is 0 Å². The fourth-order valence-corrected chi connectivity index (χ4v) is 1.75. The molecule has 0 saturated heterocycles. The topological polar surface area (TPSA) is 67.8 Å². The summed E-state index contributed by atoms with van der Waals surface area (Å²) in [6.45, 7) is 2.43. The Balaban J connectivity index is 2.26. The van der Waals surface area contributed by atoms with Crippen molar-refractivity contribution < 1.29 is 9.94 Å². The monoisotopic (exact) mass is 186 g/mol. The predicted molar refractivity (Wildman–Crippen MR) is 50.8 cm³/mol. The van der Waals surface area contributed by atoms with Crippen molar-refractivity contribution >= 4 is 5.84 Å². The van der Waals surface area contributed by atoms with E-state index in [9.17, 15) is 0 Å². The maximum Gasteiger partial charge on any atom is 0.165 e. The summed E-state index contributed by atoms with van der Waals surface area (Å²) < 4.78 is 5.53. The SMILES string of the molecule is CC1CCCCC1OC/C(N)=N/O. The van der Waals surface area contributed by atoms with Gasteiger partial charge in [-0.25, -0.2) is 0 Å². The molecule has 1 aliphatic rings. The standard InChI is InChI=1S/C9H18N2O2/c1-7-4-2-3-5-8(7)13-6-9(10)11-12/h7-8,12H,2-6H2,1H3,(H2,10,11). The molecule has 4 heteroatoms. The highest BCUT2D eigenvalue weighted by atomic mass is 16.5. The fourth-order valence-electron chi connectivity index (χ4n) is 1.75. The Morgan fingerprint density at radius 2 is 2.23 bits per heavy atom. The van der Waals surface area contributed by atoms with Crippen LogP contribution in [0, 0.1) is 5.92 Å². The Morgan fingerprint density at radius 1 is 1.54 bits per heavy atom. The number of amidine groups is 1. The number of hydrogen-bond acceptors (Lipinski definition) is 3. The first-order chi connectivity index (χ1) is 6.24. The lowest BCUT2D eigenvalue weighted by Gasteiger charge is -2.28. The Bertz CT molecular complexity index is 182. The summed E-state index contributed by atoms with van der Waals surface area (Å²) in [5, 5.41) is 11.2. The highest BCUT2D eigenvalue weighted by Gasteiger charge is 2.21. The first-order valence-corrected chi connectivity index (χ1v) is 4.82. The van der Waals surface area contributed by atoms with E-state index in [-0.39, 0.29) is 18.5 Å². The van der Waals surface area contributed by atoms with Crippen molar-refractivity contribution in [1.29, 1.82) is 0 Å². The van der Waals surface area contributed by atoms with Gasteiger partial charge < -0.3 is 15.7 Å². The van der Waals surface area contributed by atoms with Crippen LogP contribution in [-0.4, -0.2) is 23.8 Å². The molecule has 4 nitrogen and oxygen atoms in total. The van der Waals surface area contributed by atoms with Gasteiger partial charge in [-0.05, 0) is 18.8 Å². The number of ether oxygens (including phenoxy) is 1. The number of nitrogens with two attached hydrogens (primary N) is 1. The molecule has 0 aromatic carbocycles. The molecule has 0 heterocycles. The van der Waals surface area contributed by atoms with Crippen molar-refractivity contribution in [2.45, 2.75) is 38.7 Å². The summed E-state index contributed by atoms with van der Waals surface area (Å²) >= 11 is 0. The van der Waals surface area contributed by atoms with Gasteiger partial charge in [0, 0.05) is 0 Å². The molecule has 1 rings (SSSR count). The zero-order chi connectivity index (χ0) is 9.68. The van der Waals surface area contributed by atoms with Crippen LogP contribution in [0.3, 0.4) is 0 Å². The molecule has 1 fully saturated rings. The molecule has 1 saturated carbocycles. The minimum Gasteiger partial charge on any atom is -0.409 e. The van der Waals surface area contributed by atoms with Crippen molar-refractivity contribution in [2.75, 3.05) is 6.61 Å². The molecule has 0 bridgehead atoms. The van der Waals surface area contributed by atoms with Crippen LogP contribution in [0.2, 0.25) is 0 Å². The second-order valence-electron chi connectivity index (χ2n) is 3.70.